The van der Waals surface area contributed by atoms with Crippen LogP contribution in [0, 0.1) is 6.92 Å². The van der Waals surface area contributed by atoms with E-state index in [1.807, 2.05) is 55.5 Å². The van der Waals surface area contributed by atoms with E-state index in [0.29, 0.717) is 13.2 Å². The molecular formula is C19H21NO3. The summed E-state index contributed by atoms with van der Waals surface area (Å²) in [6.07, 6.45) is 3.27. The molecule has 0 aliphatic heterocycles. The molecule has 0 heterocycles. The molecule has 0 aliphatic rings. The Morgan fingerprint density at radius 1 is 1.13 bits per heavy atom. The van der Waals surface area contributed by atoms with Crippen molar-refractivity contribution >= 4 is 12.0 Å². The number of carbonyl (C=O) groups excluding carboxylic acids is 1. The predicted octanol–water partition coefficient (Wildman–Crippen LogP) is 3.21. The van der Waals surface area contributed by atoms with Crippen LogP contribution in [0.25, 0.3) is 6.08 Å². The number of nitrogens with one attached hydrogen (secondary N) is 1. The normalized spacial score (nSPS) is 10.5. The van der Waals surface area contributed by atoms with Crippen LogP contribution in [0.1, 0.15) is 11.1 Å². The summed E-state index contributed by atoms with van der Waals surface area (Å²) in [7, 11) is 1.62. The van der Waals surface area contributed by atoms with Gasteiger partial charge in [-0.3, -0.25) is 4.79 Å². The van der Waals surface area contributed by atoms with E-state index < -0.39 is 0 Å². The summed E-state index contributed by atoms with van der Waals surface area (Å²) in [6.45, 7) is 2.91. The van der Waals surface area contributed by atoms with Gasteiger partial charge in [-0.25, -0.2) is 0 Å². The Balaban J connectivity index is 1.71. The molecule has 1 N–H and O–H groups in total. The van der Waals surface area contributed by atoms with Gasteiger partial charge in [-0.1, -0.05) is 24.3 Å². The van der Waals surface area contributed by atoms with E-state index >= 15 is 0 Å². The summed E-state index contributed by atoms with van der Waals surface area (Å²) in [5.41, 5.74) is 2.09. The van der Waals surface area contributed by atoms with Gasteiger partial charge in [0.2, 0.25) is 5.91 Å². The van der Waals surface area contributed by atoms with Crippen LogP contribution < -0.4 is 14.8 Å². The van der Waals surface area contributed by atoms with Crippen molar-refractivity contribution in [2.75, 3.05) is 20.3 Å². The van der Waals surface area contributed by atoms with Crippen molar-refractivity contribution in [2.24, 2.45) is 0 Å². The Bertz CT molecular complexity index is 663. The van der Waals surface area contributed by atoms with Crippen molar-refractivity contribution in [1.82, 2.24) is 5.32 Å². The standard InChI is InChI=1S/C19H21NO3/c1-15-4-3-5-18(14-15)23-13-12-20-19(21)11-8-16-6-9-17(22-2)10-7-16/h3-11,14H,12-13H2,1-2H3,(H,20,21)/b11-8+. The van der Waals surface area contributed by atoms with E-state index in [1.165, 1.54) is 6.08 Å². The highest BCUT2D eigenvalue weighted by Gasteiger charge is 1.97. The van der Waals surface area contributed by atoms with E-state index in [9.17, 15) is 4.79 Å². The van der Waals surface area contributed by atoms with Crippen LogP contribution in [-0.2, 0) is 4.79 Å². The molecule has 4 nitrogen and oxygen atoms in total. The summed E-state index contributed by atoms with van der Waals surface area (Å²) in [5, 5.41) is 2.78. The smallest absolute Gasteiger partial charge is 0.244 e. The maximum absolute atomic E-state index is 11.7. The molecule has 2 aromatic carbocycles. The van der Waals surface area contributed by atoms with Crippen LogP contribution in [0.3, 0.4) is 0 Å². The molecule has 2 rings (SSSR count). The molecule has 2 aromatic rings. The van der Waals surface area contributed by atoms with Crippen LogP contribution in [0.5, 0.6) is 11.5 Å². The lowest BCUT2D eigenvalue weighted by atomic mass is 10.2. The Morgan fingerprint density at radius 3 is 2.61 bits per heavy atom. The first-order valence-corrected chi connectivity index (χ1v) is 7.47. The Morgan fingerprint density at radius 2 is 1.91 bits per heavy atom. The molecule has 0 saturated carbocycles. The lowest BCUT2D eigenvalue weighted by Gasteiger charge is -2.07. The first-order chi connectivity index (χ1) is 11.2. The van der Waals surface area contributed by atoms with Gasteiger partial charge in [0, 0.05) is 6.08 Å². The molecule has 0 aromatic heterocycles. The minimum absolute atomic E-state index is 0.145. The lowest BCUT2D eigenvalue weighted by Crippen LogP contribution is -2.26. The summed E-state index contributed by atoms with van der Waals surface area (Å²) < 4.78 is 10.7. The van der Waals surface area contributed by atoms with Crippen LogP contribution >= 0.6 is 0 Å². The molecule has 0 fully saturated rings. The molecule has 0 bridgehead atoms. The van der Waals surface area contributed by atoms with E-state index in [2.05, 4.69) is 5.32 Å². The maximum Gasteiger partial charge on any atom is 0.244 e. The SMILES string of the molecule is COc1ccc(/C=C/C(=O)NCCOc2cccc(C)c2)cc1. The largest absolute Gasteiger partial charge is 0.497 e. The van der Waals surface area contributed by atoms with Crippen molar-refractivity contribution < 1.29 is 14.3 Å². The minimum Gasteiger partial charge on any atom is -0.497 e. The Hall–Kier alpha value is -2.75. The molecule has 0 saturated heterocycles. The van der Waals surface area contributed by atoms with Crippen LogP contribution in [-0.4, -0.2) is 26.2 Å². The summed E-state index contributed by atoms with van der Waals surface area (Å²) in [5.74, 6) is 1.46. The second kappa shape index (κ2) is 8.63. The summed E-state index contributed by atoms with van der Waals surface area (Å²) >= 11 is 0. The van der Waals surface area contributed by atoms with Gasteiger partial charge in [0.25, 0.3) is 0 Å². The molecule has 23 heavy (non-hydrogen) atoms. The van der Waals surface area contributed by atoms with Gasteiger partial charge in [-0.15, -0.1) is 0 Å². The molecular weight excluding hydrogens is 290 g/mol. The lowest BCUT2D eigenvalue weighted by molar-refractivity contribution is -0.116. The molecule has 0 atom stereocenters. The van der Waals surface area contributed by atoms with Gasteiger partial charge in [0.15, 0.2) is 0 Å². The predicted molar refractivity (Wildman–Crippen MR) is 91.7 cm³/mol. The highest BCUT2D eigenvalue weighted by Crippen LogP contribution is 2.12. The van der Waals surface area contributed by atoms with Gasteiger partial charge >= 0.3 is 0 Å². The third-order valence-electron chi connectivity index (χ3n) is 3.20. The Labute approximate surface area is 136 Å². The molecule has 0 unspecified atom stereocenters. The Kier molecular flexibility index (Phi) is 6.24. The number of ether oxygens (including phenoxy) is 2. The van der Waals surface area contributed by atoms with Crippen LogP contribution in [0.4, 0.5) is 0 Å². The molecule has 1 amide bonds. The maximum atomic E-state index is 11.7. The second-order valence-electron chi connectivity index (χ2n) is 5.06. The summed E-state index contributed by atoms with van der Waals surface area (Å²) in [4.78, 5) is 11.7. The zero-order valence-electron chi connectivity index (χ0n) is 13.4. The molecule has 4 heteroatoms. The number of hydrogen-bond donors (Lipinski definition) is 1. The second-order valence-corrected chi connectivity index (χ2v) is 5.06. The average Bonchev–Trinajstić information content (AvgIpc) is 2.57. The van der Waals surface area contributed by atoms with Gasteiger partial charge in [0.1, 0.15) is 18.1 Å². The van der Waals surface area contributed by atoms with E-state index in [4.69, 9.17) is 9.47 Å². The minimum atomic E-state index is -0.145. The highest BCUT2D eigenvalue weighted by molar-refractivity contribution is 5.91. The van der Waals surface area contributed by atoms with Crippen molar-refractivity contribution in [2.45, 2.75) is 6.92 Å². The number of aryl methyl sites for hydroxylation is 1. The summed E-state index contributed by atoms with van der Waals surface area (Å²) in [6, 6.07) is 15.3. The zero-order valence-corrected chi connectivity index (χ0v) is 13.4. The third-order valence-corrected chi connectivity index (χ3v) is 3.20. The third kappa shape index (κ3) is 5.87. The van der Waals surface area contributed by atoms with E-state index in [-0.39, 0.29) is 5.91 Å². The molecule has 0 aliphatic carbocycles. The number of amides is 1. The van der Waals surface area contributed by atoms with Crippen molar-refractivity contribution in [3.05, 3.63) is 65.7 Å². The average molecular weight is 311 g/mol. The number of rotatable bonds is 7. The fraction of sp³-hybridized carbons (Fsp3) is 0.211. The van der Waals surface area contributed by atoms with E-state index in [0.717, 1.165) is 22.6 Å². The quantitative estimate of drug-likeness (QED) is 0.631. The van der Waals surface area contributed by atoms with Gasteiger partial charge < -0.3 is 14.8 Å². The highest BCUT2D eigenvalue weighted by atomic mass is 16.5. The number of carbonyl (C=O) groups is 1. The van der Waals surface area contributed by atoms with Gasteiger partial charge in [-0.2, -0.15) is 0 Å². The van der Waals surface area contributed by atoms with Gasteiger partial charge in [-0.05, 0) is 48.4 Å². The number of methoxy groups -OCH3 is 1. The van der Waals surface area contributed by atoms with Crippen molar-refractivity contribution in [3.63, 3.8) is 0 Å². The number of hydrogen-bond acceptors (Lipinski definition) is 3. The van der Waals surface area contributed by atoms with Crippen LogP contribution in [0.15, 0.2) is 54.6 Å². The van der Waals surface area contributed by atoms with Crippen LogP contribution in [0.2, 0.25) is 0 Å². The molecule has 0 spiro atoms. The first-order valence-electron chi connectivity index (χ1n) is 7.47. The fourth-order valence-corrected chi connectivity index (χ4v) is 1.99. The van der Waals surface area contributed by atoms with Gasteiger partial charge in [0.05, 0.1) is 13.7 Å². The van der Waals surface area contributed by atoms with Crippen molar-refractivity contribution in [1.29, 1.82) is 0 Å². The monoisotopic (exact) mass is 311 g/mol. The zero-order chi connectivity index (χ0) is 16.5. The first kappa shape index (κ1) is 16.6. The molecule has 120 valence electrons. The topological polar surface area (TPSA) is 47.6 Å². The fourth-order valence-electron chi connectivity index (χ4n) is 1.99. The van der Waals surface area contributed by atoms with E-state index in [1.54, 1.807) is 13.2 Å². The molecule has 0 radical (unpaired) electrons. The van der Waals surface area contributed by atoms with Crippen molar-refractivity contribution in [3.8, 4) is 11.5 Å². The number of benzene rings is 2.